The monoisotopic (exact) mass is 347 g/mol. The smallest absolute Gasteiger partial charge is 0.173 e. The Bertz CT molecular complexity index is 1170. The summed E-state index contributed by atoms with van der Waals surface area (Å²) in [6.07, 6.45) is 4.19. The molecule has 0 aliphatic rings. The van der Waals surface area contributed by atoms with Crippen LogP contribution in [0.2, 0.25) is 0 Å². The molecule has 2 heterocycles. The molecule has 3 aromatic carbocycles. The molecule has 5 aromatic rings. The van der Waals surface area contributed by atoms with Crippen LogP contribution in [0, 0.1) is 0 Å². The standard InChI is InChI=1S/C25H19N2/c1-6-16-27(17-7-1)18-19-12-14-20(15-13-19)25-21-8-2-4-10-23(21)26-24-11-5-3-9-22(24)25/h1-17H,18H2/q+1. The number of hydrogen-bond donors (Lipinski definition) is 0. The first-order valence-corrected chi connectivity index (χ1v) is 9.19. The molecule has 0 aliphatic heterocycles. The summed E-state index contributed by atoms with van der Waals surface area (Å²) in [5.74, 6) is 0. The molecule has 0 fully saturated rings. The van der Waals surface area contributed by atoms with Crippen molar-refractivity contribution in [2.75, 3.05) is 0 Å². The van der Waals surface area contributed by atoms with Crippen molar-refractivity contribution < 1.29 is 4.57 Å². The SMILES string of the molecule is c1cc[n+](Cc2ccc(-c3c4ccccc4nc4ccccc34)cc2)cc1. The third-order valence-corrected chi connectivity index (χ3v) is 4.97. The second-order valence-electron chi connectivity index (χ2n) is 6.77. The Kier molecular flexibility index (Phi) is 3.87. The largest absolute Gasteiger partial charge is 0.248 e. The van der Waals surface area contributed by atoms with Crippen molar-refractivity contribution in [1.82, 2.24) is 4.98 Å². The molecule has 0 atom stereocenters. The van der Waals surface area contributed by atoms with E-state index < -0.39 is 0 Å². The molecule has 0 N–H and O–H groups in total. The van der Waals surface area contributed by atoms with Crippen LogP contribution in [0.25, 0.3) is 32.9 Å². The lowest BCUT2D eigenvalue weighted by Gasteiger charge is -2.11. The second-order valence-corrected chi connectivity index (χ2v) is 6.77. The van der Waals surface area contributed by atoms with Gasteiger partial charge in [-0.3, -0.25) is 0 Å². The van der Waals surface area contributed by atoms with Crippen LogP contribution in [0.3, 0.4) is 0 Å². The van der Waals surface area contributed by atoms with Gasteiger partial charge in [0.25, 0.3) is 0 Å². The van der Waals surface area contributed by atoms with Gasteiger partial charge in [0.15, 0.2) is 18.9 Å². The van der Waals surface area contributed by atoms with Gasteiger partial charge in [0, 0.05) is 34.0 Å². The van der Waals surface area contributed by atoms with Gasteiger partial charge in [-0.25, -0.2) is 9.55 Å². The lowest BCUT2D eigenvalue weighted by atomic mass is 9.95. The van der Waals surface area contributed by atoms with Crippen LogP contribution in [0.5, 0.6) is 0 Å². The predicted octanol–water partition coefficient (Wildman–Crippen LogP) is 5.39. The van der Waals surface area contributed by atoms with E-state index in [1.54, 1.807) is 0 Å². The highest BCUT2D eigenvalue weighted by atomic mass is 14.9. The quantitative estimate of drug-likeness (QED) is 0.316. The molecule has 2 aromatic heterocycles. The molecule has 27 heavy (non-hydrogen) atoms. The first-order chi connectivity index (χ1) is 13.4. The number of fused-ring (bicyclic) bond motifs is 2. The van der Waals surface area contributed by atoms with Crippen LogP contribution >= 0.6 is 0 Å². The van der Waals surface area contributed by atoms with Gasteiger partial charge in [0.2, 0.25) is 0 Å². The zero-order valence-corrected chi connectivity index (χ0v) is 14.9. The van der Waals surface area contributed by atoms with Gasteiger partial charge in [-0.05, 0) is 17.7 Å². The van der Waals surface area contributed by atoms with E-state index in [0.717, 1.165) is 17.6 Å². The first-order valence-electron chi connectivity index (χ1n) is 9.19. The van der Waals surface area contributed by atoms with Crippen LogP contribution in [0.1, 0.15) is 5.56 Å². The fraction of sp³-hybridized carbons (Fsp3) is 0.0400. The summed E-state index contributed by atoms with van der Waals surface area (Å²) in [5, 5.41) is 2.39. The van der Waals surface area contributed by atoms with Gasteiger partial charge in [0.1, 0.15) is 0 Å². The van der Waals surface area contributed by atoms with E-state index in [-0.39, 0.29) is 0 Å². The van der Waals surface area contributed by atoms with E-state index in [4.69, 9.17) is 4.98 Å². The predicted molar refractivity (Wildman–Crippen MR) is 110 cm³/mol. The van der Waals surface area contributed by atoms with E-state index >= 15 is 0 Å². The zero-order valence-electron chi connectivity index (χ0n) is 14.9. The molecule has 128 valence electrons. The van der Waals surface area contributed by atoms with E-state index in [9.17, 15) is 0 Å². The summed E-state index contributed by atoms with van der Waals surface area (Å²) < 4.78 is 2.19. The molecule has 0 aliphatic carbocycles. The fourth-order valence-electron chi connectivity index (χ4n) is 3.68. The Morgan fingerprint density at radius 1 is 0.593 bits per heavy atom. The van der Waals surface area contributed by atoms with Crippen LogP contribution in [0.4, 0.5) is 0 Å². The van der Waals surface area contributed by atoms with Crippen LogP contribution in [-0.2, 0) is 6.54 Å². The minimum Gasteiger partial charge on any atom is -0.248 e. The minimum absolute atomic E-state index is 0.874. The highest BCUT2D eigenvalue weighted by molar-refractivity contribution is 6.09. The Labute approximate surface area is 158 Å². The molecule has 0 unspecified atom stereocenters. The van der Waals surface area contributed by atoms with E-state index in [0.29, 0.717) is 0 Å². The third-order valence-electron chi connectivity index (χ3n) is 4.97. The number of para-hydroxylation sites is 2. The molecule has 0 radical (unpaired) electrons. The maximum absolute atomic E-state index is 4.83. The van der Waals surface area contributed by atoms with Crippen molar-refractivity contribution in [2.45, 2.75) is 6.54 Å². The van der Waals surface area contributed by atoms with Crippen molar-refractivity contribution in [3.63, 3.8) is 0 Å². The Hall–Kier alpha value is -3.52. The molecule has 0 amide bonds. The number of pyridine rings is 2. The Balaban J connectivity index is 1.64. The lowest BCUT2D eigenvalue weighted by Crippen LogP contribution is -2.32. The molecule has 0 saturated heterocycles. The molecule has 0 bridgehead atoms. The Morgan fingerprint density at radius 3 is 1.81 bits per heavy atom. The molecule has 0 saturated carbocycles. The van der Waals surface area contributed by atoms with Gasteiger partial charge in [0.05, 0.1) is 11.0 Å². The summed E-state index contributed by atoms with van der Waals surface area (Å²) in [5.41, 5.74) is 5.85. The van der Waals surface area contributed by atoms with Gasteiger partial charge in [-0.2, -0.15) is 0 Å². The van der Waals surface area contributed by atoms with Gasteiger partial charge in [-0.1, -0.05) is 66.7 Å². The highest BCUT2D eigenvalue weighted by Crippen LogP contribution is 2.34. The molecular formula is C25H19N2+. The van der Waals surface area contributed by atoms with Crippen molar-refractivity contribution in [1.29, 1.82) is 0 Å². The van der Waals surface area contributed by atoms with E-state index in [1.165, 1.54) is 27.5 Å². The number of rotatable bonds is 3. The maximum atomic E-state index is 4.83. The average Bonchev–Trinajstić information content (AvgIpc) is 2.73. The second kappa shape index (κ2) is 6.65. The summed E-state index contributed by atoms with van der Waals surface area (Å²) in [4.78, 5) is 4.83. The summed E-state index contributed by atoms with van der Waals surface area (Å²) in [7, 11) is 0. The van der Waals surface area contributed by atoms with Crippen molar-refractivity contribution >= 4 is 21.8 Å². The molecule has 5 rings (SSSR count). The number of aromatic nitrogens is 2. The summed E-state index contributed by atoms with van der Waals surface area (Å²) >= 11 is 0. The average molecular weight is 347 g/mol. The summed E-state index contributed by atoms with van der Waals surface area (Å²) in [6.45, 7) is 0.874. The molecule has 2 heteroatoms. The van der Waals surface area contributed by atoms with Gasteiger partial charge >= 0.3 is 0 Å². The molecule has 0 spiro atoms. The van der Waals surface area contributed by atoms with Crippen LogP contribution < -0.4 is 4.57 Å². The van der Waals surface area contributed by atoms with Crippen LogP contribution in [0.15, 0.2) is 103 Å². The topological polar surface area (TPSA) is 16.8 Å². The lowest BCUT2D eigenvalue weighted by molar-refractivity contribution is -0.688. The maximum Gasteiger partial charge on any atom is 0.173 e. The third kappa shape index (κ3) is 2.96. The fourth-order valence-corrected chi connectivity index (χ4v) is 3.68. The minimum atomic E-state index is 0.874. The zero-order chi connectivity index (χ0) is 18.1. The number of hydrogen-bond acceptors (Lipinski definition) is 1. The van der Waals surface area contributed by atoms with Gasteiger partial charge < -0.3 is 0 Å². The van der Waals surface area contributed by atoms with Crippen molar-refractivity contribution in [3.05, 3.63) is 109 Å². The van der Waals surface area contributed by atoms with Crippen molar-refractivity contribution in [2.24, 2.45) is 0 Å². The van der Waals surface area contributed by atoms with Gasteiger partial charge in [-0.15, -0.1) is 0 Å². The first kappa shape index (κ1) is 15.7. The number of nitrogens with zero attached hydrogens (tertiary/aromatic N) is 2. The van der Waals surface area contributed by atoms with E-state index in [2.05, 4.69) is 89.8 Å². The van der Waals surface area contributed by atoms with Crippen molar-refractivity contribution in [3.8, 4) is 11.1 Å². The molecular weight excluding hydrogens is 328 g/mol. The Morgan fingerprint density at radius 2 is 1.19 bits per heavy atom. The normalized spacial score (nSPS) is 11.1. The summed E-state index contributed by atoms with van der Waals surface area (Å²) in [6, 6.07) is 31.8. The number of benzene rings is 3. The van der Waals surface area contributed by atoms with E-state index in [1.807, 2.05) is 18.2 Å². The highest BCUT2D eigenvalue weighted by Gasteiger charge is 2.11. The molecule has 2 nitrogen and oxygen atoms in total. The van der Waals surface area contributed by atoms with Crippen LogP contribution in [-0.4, -0.2) is 4.98 Å².